The van der Waals surface area contributed by atoms with Gasteiger partial charge in [-0.25, -0.2) is 0 Å². The Hall–Kier alpha value is -4.46. The Balaban J connectivity index is 1.44. The second-order valence-electron chi connectivity index (χ2n) is 10.1. The van der Waals surface area contributed by atoms with E-state index in [1.54, 1.807) is 36.3 Å². The number of benzene rings is 3. The van der Waals surface area contributed by atoms with Gasteiger partial charge in [0, 0.05) is 6.54 Å². The molecule has 1 amide bonds. The molecule has 8 heteroatoms. The van der Waals surface area contributed by atoms with E-state index in [1.807, 2.05) is 36.4 Å². The van der Waals surface area contributed by atoms with Crippen molar-refractivity contribution in [3.8, 4) is 23.0 Å². The molecule has 0 spiro atoms. The monoisotopic (exact) mass is 527 g/mol. The number of amides is 1. The zero-order chi connectivity index (χ0) is 27.1. The second kappa shape index (κ2) is 10.0. The minimum atomic E-state index is -0.683. The fraction of sp³-hybridized carbons (Fsp3) is 0.290. The van der Waals surface area contributed by atoms with Gasteiger partial charge in [0.2, 0.25) is 12.6 Å². The van der Waals surface area contributed by atoms with Crippen molar-refractivity contribution in [2.24, 2.45) is 5.92 Å². The number of hydrogen-bond acceptors (Lipinski definition) is 7. The summed E-state index contributed by atoms with van der Waals surface area (Å²) in [7, 11) is 1.58. The van der Waals surface area contributed by atoms with E-state index in [0.29, 0.717) is 52.1 Å². The second-order valence-corrected chi connectivity index (χ2v) is 10.1. The molecule has 0 bridgehead atoms. The van der Waals surface area contributed by atoms with E-state index >= 15 is 0 Å². The van der Waals surface area contributed by atoms with Crippen LogP contribution in [0.1, 0.15) is 53.6 Å². The molecule has 3 heterocycles. The number of ether oxygens (including phenoxy) is 4. The van der Waals surface area contributed by atoms with Gasteiger partial charge in [0.1, 0.15) is 5.58 Å². The van der Waals surface area contributed by atoms with Crippen molar-refractivity contribution in [2.75, 3.05) is 20.5 Å². The molecule has 2 aliphatic heterocycles. The molecular weight excluding hydrogens is 498 g/mol. The molecule has 0 fully saturated rings. The van der Waals surface area contributed by atoms with Crippen LogP contribution in [0.2, 0.25) is 0 Å². The van der Waals surface area contributed by atoms with Gasteiger partial charge >= 0.3 is 0 Å². The third kappa shape index (κ3) is 4.46. The molecule has 0 aliphatic carbocycles. The quantitative estimate of drug-likeness (QED) is 0.290. The molecule has 1 aromatic heterocycles. The normalized spacial score (nSPS) is 15.7. The van der Waals surface area contributed by atoms with Crippen LogP contribution in [-0.4, -0.2) is 31.3 Å². The maximum atomic E-state index is 13.8. The van der Waals surface area contributed by atoms with E-state index in [1.165, 1.54) is 0 Å². The molecule has 39 heavy (non-hydrogen) atoms. The van der Waals surface area contributed by atoms with E-state index in [2.05, 4.69) is 13.8 Å². The molecule has 0 saturated carbocycles. The van der Waals surface area contributed by atoms with Gasteiger partial charge in [-0.05, 0) is 59.9 Å². The summed E-state index contributed by atoms with van der Waals surface area (Å²) >= 11 is 0. The van der Waals surface area contributed by atoms with Gasteiger partial charge in [0.05, 0.1) is 30.7 Å². The predicted octanol–water partition coefficient (Wildman–Crippen LogP) is 5.70. The molecule has 0 N–H and O–H groups in total. The van der Waals surface area contributed by atoms with Crippen molar-refractivity contribution in [3.63, 3.8) is 0 Å². The largest absolute Gasteiger partial charge is 0.493 e. The van der Waals surface area contributed by atoms with Crippen LogP contribution in [0.5, 0.6) is 23.0 Å². The summed E-state index contributed by atoms with van der Waals surface area (Å²) in [5, 5.41) is 0.430. The molecule has 0 unspecified atom stereocenters. The zero-order valence-corrected chi connectivity index (χ0v) is 22.1. The molecule has 1 atom stereocenters. The fourth-order valence-electron chi connectivity index (χ4n) is 5.09. The summed E-state index contributed by atoms with van der Waals surface area (Å²) in [6.07, 6.45) is 0.910. The van der Waals surface area contributed by atoms with Crippen molar-refractivity contribution >= 4 is 16.9 Å². The first-order valence-electron chi connectivity index (χ1n) is 13.0. The van der Waals surface area contributed by atoms with Gasteiger partial charge in [0.15, 0.2) is 28.4 Å². The number of fused-ring (bicyclic) bond motifs is 3. The molecule has 2 aliphatic rings. The van der Waals surface area contributed by atoms with Crippen molar-refractivity contribution in [1.82, 2.24) is 4.90 Å². The highest BCUT2D eigenvalue weighted by Crippen LogP contribution is 2.42. The summed E-state index contributed by atoms with van der Waals surface area (Å²) in [5.41, 5.74) is 2.02. The third-order valence-corrected chi connectivity index (χ3v) is 7.12. The van der Waals surface area contributed by atoms with Crippen molar-refractivity contribution in [3.05, 3.63) is 93.3 Å². The molecule has 8 nitrogen and oxygen atoms in total. The van der Waals surface area contributed by atoms with Crippen LogP contribution in [0.25, 0.3) is 11.0 Å². The van der Waals surface area contributed by atoms with E-state index < -0.39 is 6.04 Å². The van der Waals surface area contributed by atoms with Crippen LogP contribution in [0.3, 0.4) is 0 Å². The molecular formula is C31H29NO7. The Morgan fingerprint density at radius 2 is 1.79 bits per heavy atom. The molecule has 200 valence electrons. The highest BCUT2D eigenvalue weighted by molar-refractivity contribution is 5.99. The highest BCUT2D eigenvalue weighted by atomic mass is 16.7. The first kappa shape index (κ1) is 24.9. The zero-order valence-electron chi connectivity index (χ0n) is 22.1. The van der Waals surface area contributed by atoms with E-state index in [4.69, 9.17) is 23.4 Å². The first-order valence-corrected chi connectivity index (χ1v) is 13.0. The predicted molar refractivity (Wildman–Crippen MR) is 145 cm³/mol. The molecule has 3 aromatic carbocycles. The Kier molecular flexibility index (Phi) is 6.38. The van der Waals surface area contributed by atoms with Crippen molar-refractivity contribution in [1.29, 1.82) is 0 Å². The minimum absolute atomic E-state index is 0.0562. The van der Waals surface area contributed by atoms with Crippen LogP contribution in [0.4, 0.5) is 0 Å². The summed E-state index contributed by atoms with van der Waals surface area (Å²) in [6.45, 7) is 5.23. The topological polar surface area (TPSA) is 87.4 Å². The average Bonchev–Trinajstić information content (AvgIpc) is 3.51. The van der Waals surface area contributed by atoms with Gasteiger partial charge in [0.25, 0.3) is 5.91 Å². The summed E-state index contributed by atoms with van der Waals surface area (Å²) in [4.78, 5) is 29.3. The lowest BCUT2D eigenvalue weighted by atomic mass is 9.97. The number of para-hydroxylation sites is 1. The Labute approximate surface area is 225 Å². The summed E-state index contributed by atoms with van der Waals surface area (Å²) < 4.78 is 28.7. The lowest BCUT2D eigenvalue weighted by Gasteiger charge is -2.26. The number of carbonyl (C=O) groups excluding carboxylic acids is 1. The summed E-state index contributed by atoms with van der Waals surface area (Å²) in [5.74, 6) is 2.64. The summed E-state index contributed by atoms with van der Waals surface area (Å²) in [6, 6.07) is 17.4. The Morgan fingerprint density at radius 3 is 2.62 bits per heavy atom. The Morgan fingerprint density at radius 1 is 0.974 bits per heavy atom. The minimum Gasteiger partial charge on any atom is -0.493 e. The fourth-order valence-corrected chi connectivity index (χ4v) is 5.09. The molecule has 0 saturated heterocycles. The van der Waals surface area contributed by atoms with Gasteiger partial charge in [-0.2, -0.15) is 0 Å². The Bertz CT molecular complexity index is 1620. The van der Waals surface area contributed by atoms with Gasteiger partial charge in [-0.15, -0.1) is 0 Å². The third-order valence-electron chi connectivity index (χ3n) is 7.12. The average molecular weight is 528 g/mol. The van der Waals surface area contributed by atoms with E-state index in [0.717, 1.165) is 17.5 Å². The van der Waals surface area contributed by atoms with E-state index in [9.17, 15) is 9.59 Å². The van der Waals surface area contributed by atoms with Gasteiger partial charge in [-0.1, -0.05) is 38.1 Å². The smallest absolute Gasteiger partial charge is 0.291 e. The molecule has 6 rings (SSSR count). The number of methoxy groups -OCH3 is 1. The number of hydrogen-bond donors (Lipinski definition) is 0. The highest BCUT2D eigenvalue weighted by Gasteiger charge is 2.43. The lowest BCUT2D eigenvalue weighted by Crippen LogP contribution is -2.29. The molecule has 0 radical (unpaired) electrons. The number of nitrogens with zero attached hydrogens (tertiary/aromatic N) is 1. The first-order chi connectivity index (χ1) is 18.9. The maximum absolute atomic E-state index is 13.8. The molecule has 4 aromatic rings. The van der Waals surface area contributed by atoms with Crippen molar-refractivity contribution in [2.45, 2.75) is 32.9 Å². The van der Waals surface area contributed by atoms with Gasteiger partial charge < -0.3 is 28.3 Å². The van der Waals surface area contributed by atoms with E-state index in [-0.39, 0.29) is 30.4 Å². The van der Waals surface area contributed by atoms with Crippen LogP contribution in [-0.2, 0) is 6.54 Å². The van der Waals surface area contributed by atoms with Gasteiger partial charge in [-0.3, -0.25) is 9.59 Å². The van der Waals surface area contributed by atoms with Crippen LogP contribution < -0.4 is 24.4 Å². The van der Waals surface area contributed by atoms with Crippen LogP contribution >= 0.6 is 0 Å². The van der Waals surface area contributed by atoms with Crippen LogP contribution in [0.15, 0.2) is 69.9 Å². The SMILES string of the molecule is COc1cc([C@H]2c3c(oc4ccccc4c3=O)C(=O)N2Cc2ccc3c(c2)OCO3)ccc1OCCC(C)C. The number of rotatable bonds is 8. The van der Waals surface area contributed by atoms with Crippen LogP contribution in [0, 0.1) is 5.92 Å². The maximum Gasteiger partial charge on any atom is 0.291 e. The standard InChI is InChI=1S/C31H29NO7/c1-18(2)12-13-36-23-11-9-20(15-25(23)35-3)28-27-29(33)21-6-4-5-7-22(21)39-30(27)31(34)32(28)16-19-8-10-24-26(14-19)38-17-37-24/h4-11,14-15,18,28H,12-13,16-17H2,1-3H3/t28-/m0/s1. The number of carbonyl (C=O) groups is 1. The van der Waals surface area contributed by atoms with Crippen molar-refractivity contribution < 1.29 is 28.2 Å². The lowest BCUT2D eigenvalue weighted by molar-refractivity contribution is 0.0714.